The zero-order chi connectivity index (χ0) is 12.8. The third kappa shape index (κ3) is 2.23. The van der Waals surface area contributed by atoms with Crippen molar-refractivity contribution in [3.8, 4) is 0 Å². The van der Waals surface area contributed by atoms with E-state index in [0.717, 1.165) is 36.3 Å². The van der Waals surface area contributed by atoms with E-state index in [4.69, 9.17) is 0 Å². The Morgan fingerprint density at radius 3 is 2.05 bits per heavy atom. The smallest absolute Gasteiger partial charge is 0.0208 e. The van der Waals surface area contributed by atoms with Crippen molar-refractivity contribution in [1.82, 2.24) is 5.32 Å². The van der Waals surface area contributed by atoms with Gasteiger partial charge in [-0.25, -0.2) is 0 Å². The molecule has 1 nitrogen and oxygen atoms in total. The minimum absolute atomic E-state index is 0.814. The third-order valence-corrected chi connectivity index (χ3v) is 5.89. The molecule has 1 N–H and O–H groups in total. The van der Waals surface area contributed by atoms with Gasteiger partial charge in [-0.15, -0.1) is 0 Å². The van der Waals surface area contributed by atoms with E-state index in [1.807, 2.05) is 0 Å². The summed E-state index contributed by atoms with van der Waals surface area (Å²) in [6.45, 7) is 3.22. The zero-order valence-corrected chi connectivity index (χ0v) is 11.9. The van der Waals surface area contributed by atoms with Crippen LogP contribution < -0.4 is 5.32 Å². The van der Waals surface area contributed by atoms with Gasteiger partial charge >= 0.3 is 0 Å². The molecule has 0 saturated heterocycles. The normalized spacial score (nSPS) is 39.7. The fourth-order valence-corrected chi connectivity index (χ4v) is 5.20. The molecule has 0 unspecified atom stereocenters. The third-order valence-electron chi connectivity index (χ3n) is 5.89. The Labute approximate surface area is 116 Å². The Bertz CT molecular complexity index is 419. The van der Waals surface area contributed by atoms with E-state index in [1.165, 1.54) is 36.8 Å². The molecule has 0 atom stereocenters. The van der Waals surface area contributed by atoms with E-state index in [2.05, 4.69) is 36.5 Å². The lowest BCUT2D eigenvalue weighted by atomic mass is 9.54. The number of benzene rings is 1. The molecule has 4 saturated carbocycles. The summed E-state index contributed by atoms with van der Waals surface area (Å²) in [5.74, 6) is 4.14. The Morgan fingerprint density at radius 1 is 0.895 bits per heavy atom. The SMILES string of the molecule is Cc1ccc(CNC2C3CC4CC(C3)CC2C4)cc1. The summed E-state index contributed by atoms with van der Waals surface area (Å²) in [4.78, 5) is 0. The average molecular weight is 255 g/mol. The van der Waals surface area contributed by atoms with Crippen molar-refractivity contribution < 1.29 is 0 Å². The lowest BCUT2D eigenvalue weighted by Crippen LogP contribution is -2.54. The zero-order valence-electron chi connectivity index (χ0n) is 11.9. The molecular formula is C18H25N. The van der Waals surface area contributed by atoms with Crippen LogP contribution in [0.2, 0.25) is 0 Å². The molecule has 4 bridgehead atoms. The van der Waals surface area contributed by atoms with Crippen molar-refractivity contribution in [2.45, 2.75) is 51.6 Å². The Balaban J connectivity index is 1.42. The van der Waals surface area contributed by atoms with Crippen molar-refractivity contribution >= 4 is 0 Å². The van der Waals surface area contributed by atoms with Crippen LogP contribution in [0.25, 0.3) is 0 Å². The summed E-state index contributed by atoms with van der Waals surface area (Å²) in [5.41, 5.74) is 2.80. The maximum Gasteiger partial charge on any atom is 0.0208 e. The Kier molecular flexibility index (Phi) is 2.91. The molecule has 4 aliphatic carbocycles. The first-order chi connectivity index (χ1) is 9.28. The first kappa shape index (κ1) is 12.0. The predicted molar refractivity (Wildman–Crippen MR) is 78.9 cm³/mol. The highest BCUT2D eigenvalue weighted by molar-refractivity contribution is 5.21. The minimum Gasteiger partial charge on any atom is -0.309 e. The van der Waals surface area contributed by atoms with Crippen LogP contribution in [0, 0.1) is 30.6 Å². The highest BCUT2D eigenvalue weighted by Gasteiger charge is 2.47. The lowest BCUT2D eigenvalue weighted by molar-refractivity contribution is -0.0142. The molecule has 102 valence electrons. The maximum absolute atomic E-state index is 3.90. The molecule has 1 heteroatoms. The number of aryl methyl sites for hydroxylation is 1. The van der Waals surface area contributed by atoms with Crippen molar-refractivity contribution in [3.63, 3.8) is 0 Å². The van der Waals surface area contributed by atoms with E-state index < -0.39 is 0 Å². The number of nitrogens with one attached hydrogen (secondary N) is 1. The number of hydrogen-bond donors (Lipinski definition) is 1. The van der Waals surface area contributed by atoms with Crippen LogP contribution in [0.3, 0.4) is 0 Å². The second-order valence-electron chi connectivity index (χ2n) is 7.32. The molecule has 0 radical (unpaired) electrons. The molecule has 4 aliphatic rings. The summed E-state index contributed by atoms with van der Waals surface area (Å²) < 4.78 is 0. The van der Waals surface area contributed by atoms with Crippen LogP contribution in [0.4, 0.5) is 0 Å². The van der Waals surface area contributed by atoms with Gasteiger partial charge in [0, 0.05) is 12.6 Å². The number of rotatable bonds is 3. The van der Waals surface area contributed by atoms with Gasteiger partial charge in [0.1, 0.15) is 0 Å². The van der Waals surface area contributed by atoms with Crippen LogP contribution in [0.5, 0.6) is 0 Å². The molecule has 1 aromatic rings. The van der Waals surface area contributed by atoms with Crippen molar-refractivity contribution in [2.24, 2.45) is 23.7 Å². The lowest BCUT2D eigenvalue weighted by Gasteiger charge is -2.54. The first-order valence-electron chi connectivity index (χ1n) is 8.07. The van der Waals surface area contributed by atoms with E-state index in [9.17, 15) is 0 Å². The van der Waals surface area contributed by atoms with Crippen molar-refractivity contribution in [1.29, 1.82) is 0 Å². The van der Waals surface area contributed by atoms with Crippen LogP contribution in [0.1, 0.15) is 43.2 Å². The van der Waals surface area contributed by atoms with Gasteiger partial charge in [0.2, 0.25) is 0 Å². The van der Waals surface area contributed by atoms with Gasteiger partial charge in [-0.05, 0) is 68.3 Å². The van der Waals surface area contributed by atoms with Crippen molar-refractivity contribution in [2.75, 3.05) is 0 Å². The number of hydrogen-bond acceptors (Lipinski definition) is 1. The van der Waals surface area contributed by atoms with E-state index >= 15 is 0 Å². The van der Waals surface area contributed by atoms with Gasteiger partial charge in [-0.2, -0.15) is 0 Å². The molecular weight excluding hydrogens is 230 g/mol. The van der Waals surface area contributed by atoms with Crippen molar-refractivity contribution in [3.05, 3.63) is 35.4 Å². The fourth-order valence-electron chi connectivity index (χ4n) is 5.20. The maximum atomic E-state index is 3.90. The van der Waals surface area contributed by atoms with Crippen LogP contribution in [0.15, 0.2) is 24.3 Å². The molecule has 0 spiro atoms. The summed E-state index contributed by atoms with van der Waals surface area (Å²) in [6, 6.07) is 9.83. The summed E-state index contributed by atoms with van der Waals surface area (Å²) in [5, 5.41) is 3.90. The summed E-state index contributed by atoms with van der Waals surface area (Å²) in [7, 11) is 0. The van der Waals surface area contributed by atoms with Gasteiger partial charge in [-0.1, -0.05) is 29.8 Å². The van der Waals surface area contributed by atoms with E-state index in [1.54, 1.807) is 6.42 Å². The average Bonchev–Trinajstić information content (AvgIpc) is 2.39. The largest absolute Gasteiger partial charge is 0.309 e. The van der Waals surface area contributed by atoms with Crippen LogP contribution in [-0.4, -0.2) is 6.04 Å². The predicted octanol–water partition coefficient (Wildman–Crippen LogP) is 3.91. The fraction of sp³-hybridized carbons (Fsp3) is 0.667. The second kappa shape index (κ2) is 4.63. The molecule has 0 heterocycles. The molecule has 5 rings (SSSR count). The highest BCUT2D eigenvalue weighted by Crippen LogP contribution is 2.53. The second-order valence-corrected chi connectivity index (χ2v) is 7.32. The molecule has 0 aromatic heterocycles. The van der Waals surface area contributed by atoms with E-state index in [-0.39, 0.29) is 0 Å². The first-order valence-corrected chi connectivity index (χ1v) is 8.07. The van der Waals surface area contributed by atoms with Gasteiger partial charge in [0.15, 0.2) is 0 Å². The van der Waals surface area contributed by atoms with Crippen LogP contribution >= 0.6 is 0 Å². The summed E-state index contributed by atoms with van der Waals surface area (Å²) in [6.07, 6.45) is 7.60. The molecule has 19 heavy (non-hydrogen) atoms. The highest BCUT2D eigenvalue weighted by atomic mass is 14.9. The van der Waals surface area contributed by atoms with Crippen LogP contribution in [-0.2, 0) is 6.54 Å². The minimum atomic E-state index is 0.814. The molecule has 4 fully saturated rings. The summed E-state index contributed by atoms with van der Waals surface area (Å²) >= 11 is 0. The van der Waals surface area contributed by atoms with E-state index in [0.29, 0.717) is 0 Å². The standard InChI is InChI=1S/C18H25N/c1-12-2-4-13(5-3-12)11-19-18-16-7-14-6-15(9-16)10-17(18)8-14/h2-5,14-19H,6-11H2,1H3. The quantitative estimate of drug-likeness (QED) is 0.863. The van der Waals surface area contributed by atoms with Gasteiger partial charge < -0.3 is 5.32 Å². The van der Waals surface area contributed by atoms with Gasteiger partial charge in [0.05, 0.1) is 0 Å². The van der Waals surface area contributed by atoms with Gasteiger partial charge in [-0.3, -0.25) is 0 Å². The molecule has 1 aromatic carbocycles. The molecule has 0 amide bonds. The topological polar surface area (TPSA) is 12.0 Å². The Morgan fingerprint density at radius 2 is 1.47 bits per heavy atom. The van der Waals surface area contributed by atoms with Gasteiger partial charge in [0.25, 0.3) is 0 Å². The monoisotopic (exact) mass is 255 g/mol. The Hall–Kier alpha value is -0.820. The molecule has 0 aliphatic heterocycles.